The van der Waals surface area contributed by atoms with Crippen LogP contribution in [0, 0.1) is 0 Å². The molecule has 0 radical (unpaired) electrons. The smallest absolute Gasteiger partial charge is 0.236 e. The molecule has 1 fully saturated rings. The van der Waals surface area contributed by atoms with Crippen LogP contribution < -0.4 is 0 Å². The van der Waals surface area contributed by atoms with Crippen molar-refractivity contribution in [1.29, 1.82) is 0 Å². The maximum absolute atomic E-state index is 11.5. The van der Waals surface area contributed by atoms with Crippen LogP contribution in [0.1, 0.15) is 12.1 Å². The second-order valence-corrected chi connectivity index (χ2v) is 4.34. The molecule has 1 amide bonds. The predicted molar refractivity (Wildman–Crippen MR) is 54.8 cm³/mol. The minimum absolute atomic E-state index is 0.0147. The van der Waals surface area contributed by atoms with E-state index in [-0.39, 0.29) is 10.7 Å². The Morgan fingerprint density at radius 1 is 1.64 bits per heavy atom. The van der Waals surface area contributed by atoms with Gasteiger partial charge >= 0.3 is 0 Å². The molecule has 1 unspecified atom stereocenters. The highest BCUT2D eigenvalue weighted by Gasteiger charge is 2.29. The molecular weight excluding hydrogens is 246 g/mol. The van der Waals surface area contributed by atoms with E-state index in [0.29, 0.717) is 6.54 Å². The summed E-state index contributed by atoms with van der Waals surface area (Å²) >= 11 is 3.33. The van der Waals surface area contributed by atoms with Crippen molar-refractivity contribution in [3.05, 3.63) is 24.0 Å². The van der Waals surface area contributed by atoms with Gasteiger partial charge < -0.3 is 4.90 Å². The molecule has 1 aliphatic heterocycles. The molecule has 5 heteroatoms. The number of hydrogen-bond acceptors (Lipinski definition) is 3. The van der Waals surface area contributed by atoms with Crippen LogP contribution in [-0.4, -0.2) is 32.4 Å². The molecule has 1 aromatic heterocycles. The van der Waals surface area contributed by atoms with E-state index in [1.54, 1.807) is 11.1 Å². The predicted octanol–water partition coefficient (Wildman–Crippen LogP) is 0.972. The van der Waals surface area contributed by atoms with Gasteiger partial charge in [-0.3, -0.25) is 4.79 Å². The molecule has 1 aromatic rings. The molecule has 1 saturated heterocycles. The third kappa shape index (κ3) is 1.92. The number of carbonyl (C=O) groups excluding carboxylic acids is 1. The van der Waals surface area contributed by atoms with Gasteiger partial charge in [-0.25, -0.2) is 0 Å². The summed E-state index contributed by atoms with van der Waals surface area (Å²) in [4.78, 5) is 13.3. The van der Waals surface area contributed by atoms with Crippen molar-refractivity contribution in [2.75, 3.05) is 6.54 Å². The molecule has 2 heterocycles. The number of aromatic nitrogens is 2. The third-order valence-corrected chi connectivity index (χ3v) is 3.06. The molecule has 14 heavy (non-hydrogen) atoms. The van der Waals surface area contributed by atoms with Crippen molar-refractivity contribution in [3.8, 4) is 0 Å². The number of carbonyl (C=O) groups is 1. The van der Waals surface area contributed by atoms with Gasteiger partial charge in [0.2, 0.25) is 5.91 Å². The molecule has 2 rings (SSSR count). The van der Waals surface area contributed by atoms with Crippen LogP contribution in [-0.2, 0) is 11.3 Å². The molecule has 1 aliphatic rings. The maximum Gasteiger partial charge on any atom is 0.236 e. The monoisotopic (exact) mass is 255 g/mol. The summed E-state index contributed by atoms with van der Waals surface area (Å²) in [5, 5.41) is 7.71. The Bertz CT molecular complexity index is 330. The van der Waals surface area contributed by atoms with Gasteiger partial charge in [-0.1, -0.05) is 15.9 Å². The Kier molecular flexibility index (Phi) is 2.77. The summed E-state index contributed by atoms with van der Waals surface area (Å²) < 4.78 is 0. The SMILES string of the molecule is O=C1C(Br)CCN1Cc1cccnn1. The first-order valence-corrected chi connectivity index (χ1v) is 5.38. The number of nitrogens with zero attached hydrogens (tertiary/aromatic N) is 3. The lowest BCUT2D eigenvalue weighted by Crippen LogP contribution is -2.27. The van der Waals surface area contributed by atoms with Crippen LogP contribution in [0.25, 0.3) is 0 Å². The zero-order valence-electron chi connectivity index (χ0n) is 7.56. The fourth-order valence-corrected chi connectivity index (χ4v) is 1.97. The van der Waals surface area contributed by atoms with Crippen LogP contribution in [0.4, 0.5) is 0 Å². The number of rotatable bonds is 2. The summed E-state index contributed by atoms with van der Waals surface area (Å²) in [5.74, 6) is 0.149. The Morgan fingerprint density at radius 3 is 3.07 bits per heavy atom. The van der Waals surface area contributed by atoms with Gasteiger partial charge in [-0.2, -0.15) is 10.2 Å². The lowest BCUT2D eigenvalue weighted by Gasteiger charge is -2.14. The topological polar surface area (TPSA) is 46.1 Å². The molecule has 0 N–H and O–H groups in total. The summed E-state index contributed by atoms with van der Waals surface area (Å²) in [6.45, 7) is 1.36. The fourth-order valence-electron chi connectivity index (χ4n) is 1.47. The molecule has 74 valence electrons. The highest BCUT2D eigenvalue weighted by Crippen LogP contribution is 2.19. The summed E-state index contributed by atoms with van der Waals surface area (Å²) in [7, 11) is 0. The second-order valence-electron chi connectivity index (χ2n) is 3.23. The van der Waals surface area contributed by atoms with Crippen LogP contribution in [0.2, 0.25) is 0 Å². The molecule has 1 atom stereocenters. The van der Waals surface area contributed by atoms with Crippen molar-refractivity contribution < 1.29 is 4.79 Å². The van der Waals surface area contributed by atoms with E-state index in [1.807, 2.05) is 12.1 Å². The van der Waals surface area contributed by atoms with Crippen molar-refractivity contribution in [2.45, 2.75) is 17.8 Å². The number of hydrogen-bond donors (Lipinski definition) is 0. The van der Waals surface area contributed by atoms with E-state index in [9.17, 15) is 4.79 Å². The number of likely N-dealkylation sites (tertiary alicyclic amines) is 1. The van der Waals surface area contributed by atoms with Crippen molar-refractivity contribution in [3.63, 3.8) is 0 Å². The lowest BCUT2D eigenvalue weighted by atomic mass is 10.3. The normalized spacial score (nSPS) is 21.6. The average Bonchev–Trinajstić information content (AvgIpc) is 2.52. The van der Waals surface area contributed by atoms with Gasteiger partial charge in [0.05, 0.1) is 17.1 Å². The van der Waals surface area contributed by atoms with Crippen molar-refractivity contribution >= 4 is 21.8 Å². The molecule has 4 nitrogen and oxygen atoms in total. The minimum atomic E-state index is -0.0147. The largest absolute Gasteiger partial charge is 0.336 e. The highest BCUT2D eigenvalue weighted by molar-refractivity contribution is 9.10. The molecule has 0 aliphatic carbocycles. The highest BCUT2D eigenvalue weighted by atomic mass is 79.9. The van der Waals surface area contributed by atoms with Gasteiger partial charge in [0.15, 0.2) is 0 Å². The first-order valence-electron chi connectivity index (χ1n) is 4.47. The Balaban J connectivity index is 2.02. The lowest BCUT2D eigenvalue weighted by molar-refractivity contribution is -0.127. The van der Waals surface area contributed by atoms with E-state index in [1.165, 1.54) is 0 Å². The third-order valence-electron chi connectivity index (χ3n) is 2.21. The van der Waals surface area contributed by atoms with Crippen LogP contribution in [0.3, 0.4) is 0 Å². The van der Waals surface area contributed by atoms with Gasteiger partial charge in [0.25, 0.3) is 0 Å². The van der Waals surface area contributed by atoms with E-state index < -0.39 is 0 Å². The van der Waals surface area contributed by atoms with E-state index >= 15 is 0 Å². The van der Waals surface area contributed by atoms with Crippen molar-refractivity contribution in [2.24, 2.45) is 0 Å². The average molecular weight is 256 g/mol. The first-order chi connectivity index (χ1) is 6.77. The molecule has 0 spiro atoms. The summed E-state index contributed by atoms with van der Waals surface area (Å²) in [6, 6.07) is 3.70. The van der Waals surface area contributed by atoms with Gasteiger partial charge in [0, 0.05) is 12.7 Å². The van der Waals surface area contributed by atoms with Gasteiger partial charge in [0.1, 0.15) is 0 Å². The number of halogens is 1. The second kappa shape index (κ2) is 4.04. The van der Waals surface area contributed by atoms with E-state index in [0.717, 1.165) is 18.7 Å². The number of amides is 1. The van der Waals surface area contributed by atoms with E-state index in [4.69, 9.17) is 0 Å². The molecule has 0 bridgehead atoms. The van der Waals surface area contributed by atoms with Gasteiger partial charge in [-0.05, 0) is 18.6 Å². The summed E-state index contributed by atoms with van der Waals surface area (Å²) in [6.07, 6.45) is 2.50. The van der Waals surface area contributed by atoms with Crippen LogP contribution in [0.5, 0.6) is 0 Å². The Labute approximate surface area is 90.4 Å². The fraction of sp³-hybridized carbons (Fsp3) is 0.444. The number of alkyl halides is 1. The minimum Gasteiger partial charge on any atom is -0.336 e. The first kappa shape index (κ1) is 9.58. The van der Waals surface area contributed by atoms with Gasteiger partial charge in [-0.15, -0.1) is 0 Å². The molecule has 0 aromatic carbocycles. The van der Waals surface area contributed by atoms with Crippen LogP contribution in [0.15, 0.2) is 18.3 Å². The van der Waals surface area contributed by atoms with Crippen LogP contribution >= 0.6 is 15.9 Å². The molecule has 0 saturated carbocycles. The standard InChI is InChI=1S/C9H10BrN3O/c10-8-3-5-13(9(8)14)6-7-2-1-4-11-12-7/h1-2,4,8H,3,5-6H2. The molecular formula is C9H10BrN3O. The zero-order chi connectivity index (χ0) is 9.97. The summed E-state index contributed by atoms with van der Waals surface area (Å²) in [5.41, 5.74) is 0.836. The van der Waals surface area contributed by atoms with E-state index in [2.05, 4.69) is 26.1 Å². The maximum atomic E-state index is 11.5. The zero-order valence-corrected chi connectivity index (χ0v) is 9.14. The quantitative estimate of drug-likeness (QED) is 0.741. The van der Waals surface area contributed by atoms with Crippen molar-refractivity contribution in [1.82, 2.24) is 15.1 Å². The Hall–Kier alpha value is -0.970. The Morgan fingerprint density at radius 2 is 2.50 bits per heavy atom.